The fourth-order valence-electron chi connectivity index (χ4n) is 1.83. The van der Waals surface area contributed by atoms with Crippen molar-refractivity contribution in [2.24, 2.45) is 0 Å². The molecular weight excluding hydrogens is 320 g/mol. The van der Waals surface area contributed by atoms with Gasteiger partial charge in [-0.05, 0) is 47.5 Å². The Labute approximate surface area is 118 Å². The number of rotatable bonds is 2. The van der Waals surface area contributed by atoms with Gasteiger partial charge in [-0.1, -0.05) is 23.7 Å². The molecule has 1 aromatic carbocycles. The standard InChI is InChI=1S/C13H12BrClOS/c1-7-11(12(14)8(2)17-7)13(16)9-4-3-5-10(15)6-9/h3-6,13,16H,1-2H3. The molecule has 1 unspecified atom stereocenters. The summed E-state index contributed by atoms with van der Waals surface area (Å²) in [5.41, 5.74) is 1.76. The molecule has 90 valence electrons. The lowest BCUT2D eigenvalue weighted by atomic mass is 10.0. The van der Waals surface area contributed by atoms with Crippen molar-refractivity contribution in [3.8, 4) is 0 Å². The summed E-state index contributed by atoms with van der Waals surface area (Å²) in [7, 11) is 0. The van der Waals surface area contributed by atoms with E-state index in [2.05, 4.69) is 15.9 Å². The number of halogens is 2. The minimum Gasteiger partial charge on any atom is -0.384 e. The highest BCUT2D eigenvalue weighted by atomic mass is 79.9. The maximum Gasteiger partial charge on any atom is 0.106 e. The van der Waals surface area contributed by atoms with Crippen molar-refractivity contribution in [1.82, 2.24) is 0 Å². The molecule has 0 aliphatic rings. The maximum absolute atomic E-state index is 10.4. The van der Waals surface area contributed by atoms with Gasteiger partial charge in [-0.2, -0.15) is 0 Å². The second kappa shape index (κ2) is 5.11. The highest BCUT2D eigenvalue weighted by Gasteiger charge is 2.20. The molecule has 0 saturated carbocycles. The average Bonchev–Trinajstić information content (AvgIpc) is 2.52. The summed E-state index contributed by atoms with van der Waals surface area (Å²) in [5, 5.41) is 11.1. The normalized spacial score (nSPS) is 12.8. The lowest BCUT2D eigenvalue weighted by Crippen LogP contribution is -2.00. The van der Waals surface area contributed by atoms with Crippen molar-refractivity contribution in [2.75, 3.05) is 0 Å². The highest BCUT2D eigenvalue weighted by Crippen LogP contribution is 2.38. The van der Waals surface area contributed by atoms with Crippen molar-refractivity contribution in [2.45, 2.75) is 20.0 Å². The Bertz CT molecular complexity index is 550. The van der Waals surface area contributed by atoms with E-state index in [1.165, 1.54) is 4.88 Å². The van der Waals surface area contributed by atoms with E-state index in [0.717, 1.165) is 20.5 Å². The van der Waals surface area contributed by atoms with Crippen LogP contribution < -0.4 is 0 Å². The van der Waals surface area contributed by atoms with Crippen LogP contribution in [0, 0.1) is 13.8 Å². The maximum atomic E-state index is 10.4. The Morgan fingerprint density at radius 1 is 1.29 bits per heavy atom. The Kier molecular flexibility index (Phi) is 3.93. The predicted octanol–water partition coefficient (Wildman–Crippen LogP) is 4.86. The molecule has 0 saturated heterocycles. The van der Waals surface area contributed by atoms with Crippen LogP contribution in [0.25, 0.3) is 0 Å². The van der Waals surface area contributed by atoms with Crippen LogP contribution in [-0.2, 0) is 0 Å². The third-order valence-electron chi connectivity index (χ3n) is 2.67. The fourth-order valence-corrected chi connectivity index (χ4v) is 3.90. The Morgan fingerprint density at radius 3 is 2.53 bits per heavy atom. The van der Waals surface area contributed by atoms with Crippen LogP contribution in [0.15, 0.2) is 28.7 Å². The third kappa shape index (κ3) is 2.58. The van der Waals surface area contributed by atoms with Gasteiger partial charge in [-0.25, -0.2) is 0 Å². The monoisotopic (exact) mass is 330 g/mol. The smallest absolute Gasteiger partial charge is 0.106 e. The minimum absolute atomic E-state index is 0.631. The molecule has 0 aliphatic heterocycles. The van der Waals surface area contributed by atoms with Gasteiger partial charge in [0.1, 0.15) is 6.10 Å². The van der Waals surface area contributed by atoms with Crippen LogP contribution in [0.3, 0.4) is 0 Å². The van der Waals surface area contributed by atoms with Gasteiger partial charge in [-0.3, -0.25) is 0 Å². The van der Waals surface area contributed by atoms with Crippen LogP contribution in [0.2, 0.25) is 5.02 Å². The zero-order valence-electron chi connectivity index (χ0n) is 9.50. The van der Waals surface area contributed by atoms with Crippen LogP contribution in [0.1, 0.15) is 27.0 Å². The number of hydrogen-bond acceptors (Lipinski definition) is 2. The first-order chi connectivity index (χ1) is 8.00. The van der Waals surface area contributed by atoms with E-state index in [1.54, 1.807) is 23.5 Å². The van der Waals surface area contributed by atoms with Gasteiger partial charge in [0.15, 0.2) is 0 Å². The van der Waals surface area contributed by atoms with Gasteiger partial charge in [0.2, 0.25) is 0 Å². The molecule has 1 aromatic heterocycles. The van der Waals surface area contributed by atoms with E-state index < -0.39 is 6.10 Å². The number of thiophene rings is 1. The minimum atomic E-state index is -0.631. The second-order valence-electron chi connectivity index (χ2n) is 3.90. The van der Waals surface area contributed by atoms with Gasteiger partial charge >= 0.3 is 0 Å². The largest absolute Gasteiger partial charge is 0.384 e. The lowest BCUT2D eigenvalue weighted by Gasteiger charge is -2.12. The zero-order valence-corrected chi connectivity index (χ0v) is 12.7. The predicted molar refractivity (Wildman–Crippen MR) is 77.0 cm³/mol. The quantitative estimate of drug-likeness (QED) is 0.833. The molecule has 1 heterocycles. The van der Waals surface area contributed by atoms with Gasteiger partial charge in [-0.15, -0.1) is 11.3 Å². The van der Waals surface area contributed by atoms with Crippen molar-refractivity contribution < 1.29 is 5.11 Å². The molecule has 1 nitrogen and oxygen atoms in total. The van der Waals surface area contributed by atoms with E-state index in [1.807, 2.05) is 26.0 Å². The molecule has 2 rings (SSSR count). The van der Waals surface area contributed by atoms with E-state index in [9.17, 15) is 5.11 Å². The molecule has 17 heavy (non-hydrogen) atoms. The topological polar surface area (TPSA) is 20.2 Å². The van der Waals surface area contributed by atoms with Gasteiger partial charge in [0, 0.05) is 24.8 Å². The van der Waals surface area contributed by atoms with Crippen molar-refractivity contribution in [3.63, 3.8) is 0 Å². The van der Waals surface area contributed by atoms with Crippen molar-refractivity contribution >= 4 is 38.9 Å². The molecule has 0 bridgehead atoms. The van der Waals surface area contributed by atoms with E-state index in [0.29, 0.717) is 5.02 Å². The van der Waals surface area contributed by atoms with Crippen LogP contribution in [0.5, 0.6) is 0 Å². The van der Waals surface area contributed by atoms with Gasteiger partial charge < -0.3 is 5.11 Å². The first-order valence-corrected chi connectivity index (χ1v) is 7.18. The second-order valence-corrected chi connectivity index (χ2v) is 6.56. The molecule has 0 radical (unpaired) electrons. The summed E-state index contributed by atoms with van der Waals surface area (Å²) in [6.45, 7) is 4.06. The molecule has 1 N–H and O–H groups in total. The number of benzene rings is 1. The van der Waals surface area contributed by atoms with Crippen LogP contribution >= 0.6 is 38.9 Å². The number of aliphatic hydroxyl groups is 1. The molecule has 0 amide bonds. The molecule has 1 atom stereocenters. The number of hydrogen-bond donors (Lipinski definition) is 1. The summed E-state index contributed by atoms with van der Waals surface area (Å²) >= 11 is 11.2. The zero-order chi connectivity index (χ0) is 12.6. The molecule has 0 spiro atoms. The summed E-state index contributed by atoms with van der Waals surface area (Å²) in [6, 6.07) is 7.34. The summed E-state index contributed by atoms with van der Waals surface area (Å²) in [5.74, 6) is 0. The molecule has 0 fully saturated rings. The number of aryl methyl sites for hydroxylation is 2. The first-order valence-electron chi connectivity index (χ1n) is 5.19. The fraction of sp³-hybridized carbons (Fsp3) is 0.231. The summed E-state index contributed by atoms with van der Waals surface area (Å²) in [4.78, 5) is 2.31. The van der Waals surface area contributed by atoms with Gasteiger partial charge in [0.25, 0.3) is 0 Å². The SMILES string of the molecule is Cc1sc(C)c(C(O)c2cccc(Cl)c2)c1Br. The Morgan fingerprint density at radius 2 is 2.00 bits per heavy atom. The van der Waals surface area contributed by atoms with E-state index in [4.69, 9.17) is 11.6 Å². The number of aliphatic hydroxyl groups excluding tert-OH is 1. The molecular formula is C13H12BrClOS. The Balaban J connectivity index is 2.47. The lowest BCUT2D eigenvalue weighted by molar-refractivity contribution is 0.219. The summed E-state index contributed by atoms with van der Waals surface area (Å²) in [6.07, 6.45) is -0.631. The molecule has 4 heteroatoms. The highest BCUT2D eigenvalue weighted by molar-refractivity contribution is 9.10. The van der Waals surface area contributed by atoms with Crippen LogP contribution in [0.4, 0.5) is 0 Å². The van der Waals surface area contributed by atoms with Gasteiger partial charge in [0.05, 0.1) is 0 Å². The first kappa shape index (κ1) is 13.1. The average molecular weight is 332 g/mol. The van der Waals surface area contributed by atoms with Crippen molar-refractivity contribution in [1.29, 1.82) is 0 Å². The van der Waals surface area contributed by atoms with Crippen molar-refractivity contribution in [3.05, 3.63) is 54.6 Å². The molecule has 0 aliphatic carbocycles. The third-order valence-corrected chi connectivity index (χ3v) is 5.22. The molecule has 2 aromatic rings. The van der Waals surface area contributed by atoms with E-state index in [-0.39, 0.29) is 0 Å². The van der Waals surface area contributed by atoms with E-state index >= 15 is 0 Å². The summed E-state index contributed by atoms with van der Waals surface area (Å²) < 4.78 is 0.993. The Hall–Kier alpha value is -0.350. The van der Waals surface area contributed by atoms with Crippen LogP contribution in [-0.4, -0.2) is 5.11 Å².